The van der Waals surface area contributed by atoms with E-state index in [1.807, 2.05) is 4.90 Å². The van der Waals surface area contributed by atoms with Crippen LogP contribution in [-0.4, -0.2) is 40.5 Å². The molecule has 0 bridgehead atoms. The molecule has 2 aliphatic rings. The smallest absolute Gasteiger partial charge is 0.264 e. The number of nitrogens with zero attached hydrogens (tertiary/aromatic N) is 3. The van der Waals surface area contributed by atoms with E-state index in [0.717, 1.165) is 23.4 Å². The highest BCUT2D eigenvalue weighted by atomic mass is 32.1. The Morgan fingerprint density at radius 2 is 2.32 bits per heavy atom. The largest absolute Gasteiger partial charge is 0.368 e. The lowest BCUT2D eigenvalue weighted by Gasteiger charge is -2.32. The first kappa shape index (κ1) is 13.8. The van der Waals surface area contributed by atoms with Crippen LogP contribution in [0.25, 0.3) is 0 Å². The highest BCUT2D eigenvalue weighted by molar-refractivity contribution is 7.14. The summed E-state index contributed by atoms with van der Waals surface area (Å²) in [6.45, 7) is 1.72. The molecule has 2 aromatic heterocycles. The predicted molar refractivity (Wildman–Crippen MR) is 83.0 cm³/mol. The third kappa shape index (κ3) is 2.53. The Balaban J connectivity index is 1.50. The van der Waals surface area contributed by atoms with E-state index in [2.05, 4.69) is 16.0 Å². The number of hydrogen-bond donors (Lipinski definition) is 0. The molecule has 1 fully saturated rings. The van der Waals surface area contributed by atoms with Crippen molar-refractivity contribution < 1.29 is 9.53 Å². The normalized spacial score (nSPS) is 20.9. The van der Waals surface area contributed by atoms with Crippen molar-refractivity contribution in [3.8, 4) is 0 Å². The van der Waals surface area contributed by atoms with Crippen molar-refractivity contribution in [1.82, 2.24) is 14.9 Å². The first-order chi connectivity index (χ1) is 10.8. The lowest BCUT2D eigenvalue weighted by Crippen LogP contribution is -2.42. The van der Waals surface area contributed by atoms with Gasteiger partial charge in [-0.3, -0.25) is 14.8 Å². The van der Waals surface area contributed by atoms with E-state index in [1.165, 1.54) is 16.9 Å². The van der Waals surface area contributed by atoms with Crippen molar-refractivity contribution in [2.45, 2.75) is 25.4 Å². The van der Waals surface area contributed by atoms with Crippen LogP contribution in [0.3, 0.4) is 0 Å². The maximum atomic E-state index is 12.7. The summed E-state index contributed by atoms with van der Waals surface area (Å²) in [5.41, 5.74) is 2.15. The molecule has 2 aromatic rings. The molecule has 0 radical (unpaired) electrons. The van der Waals surface area contributed by atoms with Crippen LogP contribution < -0.4 is 0 Å². The van der Waals surface area contributed by atoms with Crippen LogP contribution in [0.5, 0.6) is 0 Å². The molecule has 0 aromatic carbocycles. The number of aryl methyl sites for hydroxylation is 2. The minimum absolute atomic E-state index is 0.122. The summed E-state index contributed by atoms with van der Waals surface area (Å²) in [6.07, 6.45) is 8.29. The fraction of sp³-hybridized carbons (Fsp3) is 0.438. The molecule has 114 valence electrons. The van der Waals surface area contributed by atoms with Crippen molar-refractivity contribution in [3.05, 3.63) is 45.7 Å². The van der Waals surface area contributed by atoms with Crippen molar-refractivity contribution in [2.24, 2.45) is 0 Å². The van der Waals surface area contributed by atoms with Crippen molar-refractivity contribution >= 4 is 17.2 Å². The number of fused-ring (bicyclic) bond motifs is 1. The lowest BCUT2D eigenvalue weighted by atomic mass is 10.2. The van der Waals surface area contributed by atoms with Crippen LogP contribution in [0.1, 0.15) is 38.3 Å². The van der Waals surface area contributed by atoms with Crippen molar-refractivity contribution in [2.75, 3.05) is 19.7 Å². The first-order valence-corrected chi connectivity index (χ1v) is 8.41. The zero-order valence-electron chi connectivity index (χ0n) is 12.2. The van der Waals surface area contributed by atoms with Gasteiger partial charge in [-0.2, -0.15) is 0 Å². The molecule has 1 unspecified atom stereocenters. The van der Waals surface area contributed by atoms with Gasteiger partial charge in [-0.1, -0.05) is 0 Å². The second-order valence-electron chi connectivity index (χ2n) is 5.65. The SMILES string of the molecule is O=C(c1cc2c(s1)CCC2)N1CCOC(c2cnccn2)C1. The van der Waals surface area contributed by atoms with Crippen LogP contribution in [0, 0.1) is 0 Å². The highest BCUT2D eigenvalue weighted by Gasteiger charge is 2.29. The van der Waals surface area contributed by atoms with E-state index in [4.69, 9.17) is 4.74 Å². The molecule has 1 amide bonds. The summed E-state index contributed by atoms with van der Waals surface area (Å²) in [5.74, 6) is 0.122. The van der Waals surface area contributed by atoms with E-state index in [1.54, 1.807) is 29.9 Å². The molecule has 1 saturated heterocycles. The number of hydrogen-bond acceptors (Lipinski definition) is 5. The van der Waals surface area contributed by atoms with Gasteiger partial charge in [0.2, 0.25) is 0 Å². The minimum Gasteiger partial charge on any atom is -0.368 e. The summed E-state index contributed by atoms with van der Waals surface area (Å²) in [7, 11) is 0. The van der Waals surface area contributed by atoms with Crippen LogP contribution in [0.15, 0.2) is 24.7 Å². The van der Waals surface area contributed by atoms with E-state index >= 15 is 0 Å². The molecular weight excluding hydrogens is 298 g/mol. The Labute approximate surface area is 133 Å². The van der Waals surface area contributed by atoms with E-state index in [9.17, 15) is 4.79 Å². The van der Waals surface area contributed by atoms with Gasteiger partial charge in [-0.25, -0.2) is 0 Å². The van der Waals surface area contributed by atoms with Gasteiger partial charge in [0.1, 0.15) is 6.10 Å². The average Bonchev–Trinajstić information content (AvgIpc) is 3.17. The maximum Gasteiger partial charge on any atom is 0.264 e. The Morgan fingerprint density at radius 1 is 1.36 bits per heavy atom. The number of carbonyl (C=O) groups is 1. The average molecular weight is 315 g/mol. The second-order valence-corrected chi connectivity index (χ2v) is 6.79. The van der Waals surface area contributed by atoms with Crippen molar-refractivity contribution in [3.63, 3.8) is 0 Å². The molecule has 1 aliphatic heterocycles. The molecular formula is C16H17N3O2S. The molecule has 22 heavy (non-hydrogen) atoms. The van der Waals surface area contributed by atoms with Crippen molar-refractivity contribution in [1.29, 1.82) is 0 Å². The predicted octanol–water partition coefficient (Wildman–Crippen LogP) is 2.24. The molecule has 5 nitrogen and oxygen atoms in total. The van der Waals surface area contributed by atoms with Gasteiger partial charge in [-0.05, 0) is 30.9 Å². The molecule has 0 N–H and O–H groups in total. The third-order valence-corrected chi connectivity index (χ3v) is 5.45. The Kier molecular flexibility index (Phi) is 3.63. The van der Waals surface area contributed by atoms with Gasteiger partial charge in [-0.15, -0.1) is 11.3 Å². The summed E-state index contributed by atoms with van der Waals surface area (Å²) in [5, 5.41) is 0. The van der Waals surface area contributed by atoms with Crippen LogP contribution in [0.4, 0.5) is 0 Å². The molecule has 1 aliphatic carbocycles. The number of aromatic nitrogens is 2. The van der Waals surface area contributed by atoms with Crippen LogP contribution in [-0.2, 0) is 17.6 Å². The number of rotatable bonds is 2. The fourth-order valence-electron chi connectivity index (χ4n) is 3.08. The summed E-state index contributed by atoms with van der Waals surface area (Å²) >= 11 is 1.66. The van der Waals surface area contributed by atoms with E-state index < -0.39 is 0 Å². The standard InChI is InChI=1S/C16H17N3O2S/c20-16(15-8-11-2-1-3-14(11)22-15)19-6-7-21-13(10-19)12-9-17-4-5-18-12/h4-5,8-9,13H,1-3,6-7,10H2. The molecule has 3 heterocycles. The zero-order chi connectivity index (χ0) is 14.9. The molecule has 6 heteroatoms. The number of thiophene rings is 1. The Morgan fingerprint density at radius 3 is 3.14 bits per heavy atom. The van der Waals surface area contributed by atoms with Crippen LogP contribution >= 0.6 is 11.3 Å². The number of carbonyl (C=O) groups excluding carboxylic acids is 1. The first-order valence-electron chi connectivity index (χ1n) is 7.59. The summed E-state index contributed by atoms with van der Waals surface area (Å²) < 4.78 is 5.75. The molecule has 1 atom stereocenters. The van der Waals surface area contributed by atoms with E-state index in [0.29, 0.717) is 19.7 Å². The highest BCUT2D eigenvalue weighted by Crippen LogP contribution is 2.32. The number of morpholine rings is 1. The van der Waals surface area contributed by atoms with Gasteiger partial charge >= 0.3 is 0 Å². The zero-order valence-corrected chi connectivity index (χ0v) is 13.0. The van der Waals surface area contributed by atoms with Gasteiger partial charge in [0.15, 0.2) is 0 Å². The Bertz CT molecular complexity index is 664. The minimum atomic E-state index is -0.182. The molecule has 0 saturated carbocycles. The Hall–Kier alpha value is -1.79. The third-order valence-electron chi connectivity index (χ3n) is 4.22. The van der Waals surface area contributed by atoms with Crippen LogP contribution in [0.2, 0.25) is 0 Å². The number of ether oxygens (including phenoxy) is 1. The molecule has 4 rings (SSSR count). The van der Waals surface area contributed by atoms with Gasteiger partial charge in [0.05, 0.1) is 29.9 Å². The quantitative estimate of drug-likeness (QED) is 0.853. The molecule has 0 spiro atoms. The van der Waals surface area contributed by atoms with E-state index in [-0.39, 0.29) is 12.0 Å². The van der Waals surface area contributed by atoms with Gasteiger partial charge in [0, 0.05) is 23.8 Å². The number of amides is 1. The second kappa shape index (κ2) is 5.78. The fourth-order valence-corrected chi connectivity index (χ4v) is 4.30. The summed E-state index contributed by atoms with van der Waals surface area (Å²) in [4.78, 5) is 25.2. The topological polar surface area (TPSA) is 55.3 Å². The monoisotopic (exact) mass is 315 g/mol. The lowest BCUT2D eigenvalue weighted by molar-refractivity contribution is -0.0247. The summed E-state index contributed by atoms with van der Waals surface area (Å²) in [6, 6.07) is 2.09. The maximum absolute atomic E-state index is 12.7. The van der Waals surface area contributed by atoms with Gasteiger partial charge in [0.25, 0.3) is 5.91 Å². The van der Waals surface area contributed by atoms with Gasteiger partial charge < -0.3 is 9.64 Å².